The Balaban J connectivity index is 1.66. The van der Waals surface area contributed by atoms with E-state index in [0.29, 0.717) is 0 Å². The van der Waals surface area contributed by atoms with Crippen molar-refractivity contribution in [1.29, 1.82) is 0 Å². The first kappa shape index (κ1) is 14.6. The average Bonchev–Trinajstić information content (AvgIpc) is 3.12. The Bertz CT molecular complexity index is 876. The predicted molar refractivity (Wildman–Crippen MR) is 97.0 cm³/mol. The molecule has 2 aromatic heterocycles. The molecule has 0 bridgehead atoms. The minimum Gasteiger partial charge on any atom is -0.457 e. The van der Waals surface area contributed by atoms with E-state index >= 15 is 0 Å². The standard InChI is InChI=1S/C21H18N2O/c1-2-6-16(7-3-1)20-11-10-19(24-20)14-17-8-5-13-23-21(17)18-9-4-12-22-15-18/h1-4,6-7,9-12,14-15H,5,8,13H2. The molecule has 0 radical (unpaired) electrons. The molecule has 3 heteroatoms. The number of aliphatic imine (C=N–C) groups is 1. The van der Waals surface area contributed by atoms with Gasteiger partial charge in [0.2, 0.25) is 0 Å². The summed E-state index contributed by atoms with van der Waals surface area (Å²) in [7, 11) is 0. The predicted octanol–water partition coefficient (Wildman–Crippen LogP) is 5.01. The van der Waals surface area contributed by atoms with E-state index < -0.39 is 0 Å². The van der Waals surface area contributed by atoms with E-state index in [0.717, 1.165) is 47.7 Å². The van der Waals surface area contributed by atoms with Crippen LogP contribution >= 0.6 is 0 Å². The van der Waals surface area contributed by atoms with Crippen molar-refractivity contribution < 1.29 is 4.42 Å². The number of nitrogens with zero attached hydrogens (tertiary/aromatic N) is 2. The van der Waals surface area contributed by atoms with Crippen molar-refractivity contribution in [2.75, 3.05) is 6.54 Å². The zero-order chi connectivity index (χ0) is 16.2. The van der Waals surface area contributed by atoms with Gasteiger partial charge in [-0.05, 0) is 48.8 Å². The molecular formula is C21H18N2O. The minimum atomic E-state index is 0.863. The van der Waals surface area contributed by atoms with Crippen LogP contribution in [-0.2, 0) is 0 Å². The lowest BCUT2D eigenvalue weighted by Gasteiger charge is -2.15. The van der Waals surface area contributed by atoms with Crippen molar-refractivity contribution in [2.24, 2.45) is 4.99 Å². The van der Waals surface area contributed by atoms with Gasteiger partial charge >= 0.3 is 0 Å². The largest absolute Gasteiger partial charge is 0.457 e. The maximum atomic E-state index is 6.01. The Kier molecular flexibility index (Phi) is 4.07. The number of allylic oxidation sites excluding steroid dienone is 1. The van der Waals surface area contributed by atoms with Gasteiger partial charge in [0.25, 0.3) is 0 Å². The summed E-state index contributed by atoms with van der Waals surface area (Å²) in [5, 5.41) is 0. The van der Waals surface area contributed by atoms with Gasteiger partial charge in [-0.2, -0.15) is 0 Å². The van der Waals surface area contributed by atoms with Gasteiger partial charge in [-0.15, -0.1) is 0 Å². The van der Waals surface area contributed by atoms with Gasteiger partial charge < -0.3 is 4.42 Å². The van der Waals surface area contributed by atoms with Gasteiger partial charge in [-0.1, -0.05) is 30.3 Å². The normalized spacial score (nSPS) is 16.2. The molecule has 0 amide bonds. The van der Waals surface area contributed by atoms with E-state index in [1.54, 1.807) is 6.20 Å². The topological polar surface area (TPSA) is 38.4 Å². The van der Waals surface area contributed by atoms with Crippen LogP contribution in [0.2, 0.25) is 0 Å². The summed E-state index contributed by atoms with van der Waals surface area (Å²) >= 11 is 0. The van der Waals surface area contributed by atoms with Crippen LogP contribution in [0.3, 0.4) is 0 Å². The first-order chi connectivity index (χ1) is 11.9. The Labute approximate surface area is 141 Å². The zero-order valence-corrected chi connectivity index (χ0v) is 13.4. The minimum absolute atomic E-state index is 0.863. The van der Waals surface area contributed by atoms with Gasteiger partial charge in [-0.3, -0.25) is 9.98 Å². The highest BCUT2D eigenvalue weighted by atomic mass is 16.3. The van der Waals surface area contributed by atoms with Crippen molar-refractivity contribution in [3.63, 3.8) is 0 Å². The molecule has 3 heterocycles. The summed E-state index contributed by atoms with van der Waals surface area (Å²) in [6.07, 6.45) is 7.85. The monoisotopic (exact) mass is 314 g/mol. The molecular weight excluding hydrogens is 296 g/mol. The highest BCUT2D eigenvalue weighted by molar-refractivity contribution is 6.15. The van der Waals surface area contributed by atoms with Crippen LogP contribution in [0.4, 0.5) is 0 Å². The molecule has 4 rings (SSSR count). The molecule has 0 fully saturated rings. The fraction of sp³-hybridized carbons (Fsp3) is 0.143. The summed E-state index contributed by atoms with van der Waals surface area (Å²) in [5.41, 5.74) is 4.40. The quantitative estimate of drug-likeness (QED) is 0.681. The second kappa shape index (κ2) is 6.67. The fourth-order valence-corrected chi connectivity index (χ4v) is 2.96. The van der Waals surface area contributed by atoms with Crippen LogP contribution in [0.25, 0.3) is 17.4 Å². The lowest BCUT2D eigenvalue weighted by atomic mass is 9.96. The molecule has 0 unspecified atom stereocenters. The molecule has 0 saturated carbocycles. The number of hydrogen-bond donors (Lipinski definition) is 0. The van der Waals surface area contributed by atoms with Crippen molar-refractivity contribution >= 4 is 11.8 Å². The first-order valence-electron chi connectivity index (χ1n) is 8.21. The van der Waals surface area contributed by atoms with Gasteiger partial charge in [0.05, 0.1) is 5.71 Å². The van der Waals surface area contributed by atoms with Gasteiger partial charge in [0, 0.05) is 30.1 Å². The Hall–Kier alpha value is -2.94. The SMILES string of the molecule is C(=C1CCCN=C1c1cccnc1)c1ccc(-c2ccccc2)o1. The molecule has 0 aliphatic carbocycles. The smallest absolute Gasteiger partial charge is 0.134 e. The summed E-state index contributed by atoms with van der Waals surface area (Å²) in [6, 6.07) is 18.2. The number of benzene rings is 1. The second-order valence-electron chi connectivity index (χ2n) is 5.81. The Morgan fingerprint density at radius 1 is 0.917 bits per heavy atom. The highest BCUT2D eigenvalue weighted by Crippen LogP contribution is 2.26. The third-order valence-electron chi connectivity index (χ3n) is 4.11. The maximum absolute atomic E-state index is 6.01. The van der Waals surface area contributed by atoms with Crippen LogP contribution in [-0.4, -0.2) is 17.2 Å². The van der Waals surface area contributed by atoms with Crippen molar-refractivity contribution in [2.45, 2.75) is 12.8 Å². The molecule has 24 heavy (non-hydrogen) atoms. The molecule has 118 valence electrons. The first-order valence-corrected chi connectivity index (χ1v) is 8.21. The van der Waals surface area contributed by atoms with Crippen LogP contribution in [0, 0.1) is 0 Å². The summed E-state index contributed by atoms with van der Waals surface area (Å²) < 4.78 is 6.01. The van der Waals surface area contributed by atoms with Crippen LogP contribution in [0.15, 0.2) is 82.0 Å². The molecule has 3 aromatic rings. The highest BCUT2D eigenvalue weighted by Gasteiger charge is 2.15. The van der Waals surface area contributed by atoms with E-state index in [1.807, 2.05) is 42.6 Å². The Morgan fingerprint density at radius 3 is 2.62 bits per heavy atom. The third-order valence-corrected chi connectivity index (χ3v) is 4.11. The van der Waals surface area contributed by atoms with Crippen molar-refractivity contribution in [1.82, 2.24) is 4.98 Å². The second-order valence-corrected chi connectivity index (χ2v) is 5.81. The van der Waals surface area contributed by atoms with Gasteiger partial charge in [0.1, 0.15) is 11.5 Å². The van der Waals surface area contributed by atoms with E-state index in [-0.39, 0.29) is 0 Å². The molecule has 3 nitrogen and oxygen atoms in total. The van der Waals surface area contributed by atoms with E-state index in [4.69, 9.17) is 9.41 Å². The molecule has 0 atom stereocenters. The number of aromatic nitrogens is 1. The van der Waals surface area contributed by atoms with E-state index in [2.05, 4.69) is 29.3 Å². The summed E-state index contributed by atoms with van der Waals surface area (Å²) in [4.78, 5) is 8.92. The zero-order valence-electron chi connectivity index (χ0n) is 13.4. The molecule has 1 aliphatic heterocycles. The molecule has 1 aliphatic rings. The summed E-state index contributed by atoms with van der Waals surface area (Å²) in [6.45, 7) is 0.870. The average molecular weight is 314 g/mol. The van der Waals surface area contributed by atoms with E-state index in [1.165, 1.54) is 5.57 Å². The van der Waals surface area contributed by atoms with Gasteiger partial charge in [0.15, 0.2) is 0 Å². The van der Waals surface area contributed by atoms with Crippen LogP contribution in [0.1, 0.15) is 24.2 Å². The van der Waals surface area contributed by atoms with Crippen molar-refractivity contribution in [3.8, 4) is 11.3 Å². The molecule has 0 spiro atoms. The molecule has 1 aromatic carbocycles. The van der Waals surface area contributed by atoms with Crippen LogP contribution in [0.5, 0.6) is 0 Å². The maximum Gasteiger partial charge on any atom is 0.134 e. The number of rotatable bonds is 3. The molecule has 0 saturated heterocycles. The van der Waals surface area contributed by atoms with Gasteiger partial charge in [-0.25, -0.2) is 0 Å². The number of hydrogen-bond acceptors (Lipinski definition) is 3. The lowest BCUT2D eigenvalue weighted by molar-refractivity contribution is 0.571. The number of furan rings is 1. The Morgan fingerprint density at radius 2 is 1.79 bits per heavy atom. The van der Waals surface area contributed by atoms with Crippen LogP contribution < -0.4 is 0 Å². The third kappa shape index (κ3) is 3.06. The fourth-order valence-electron chi connectivity index (χ4n) is 2.96. The lowest BCUT2D eigenvalue weighted by Crippen LogP contribution is -2.11. The number of pyridine rings is 1. The van der Waals surface area contributed by atoms with E-state index in [9.17, 15) is 0 Å². The summed E-state index contributed by atoms with van der Waals surface area (Å²) in [5.74, 6) is 1.75. The van der Waals surface area contributed by atoms with Crippen molar-refractivity contribution in [3.05, 3.63) is 83.9 Å². The molecule has 0 N–H and O–H groups in total.